The van der Waals surface area contributed by atoms with Crippen molar-refractivity contribution in [1.82, 2.24) is 19.6 Å². The van der Waals surface area contributed by atoms with Crippen LogP contribution >= 0.6 is 0 Å². The van der Waals surface area contributed by atoms with E-state index in [9.17, 15) is 14.0 Å². The minimum absolute atomic E-state index is 0.00266. The van der Waals surface area contributed by atoms with E-state index in [1.807, 2.05) is 20.8 Å². The van der Waals surface area contributed by atoms with E-state index in [0.29, 0.717) is 36.7 Å². The maximum atomic E-state index is 13.5. The second-order valence-electron chi connectivity index (χ2n) is 8.03. The smallest absolute Gasteiger partial charge is 0.257 e. The Hall–Kier alpha value is -2.74. The number of amides is 2. The lowest BCUT2D eigenvalue weighted by Gasteiger charge is -2.26. The summed E-state index contributed by atoms with van der Waals surface area (Å²) in [6.45, 7) is 8.17. The van der Waals surface area contributed by atoms with Crippen molar-refractivity contribution >= 4 is 11.8 Å². The average Bonchev–Trinajstić information content (AvgIpc) is 3.13. The van der Waals surface area contributed by atoms with E-state index in [4.69, 9.17) is 4.74 Å². The van der Waals surface area contributed by atoms with Crippen molar-refractivity contribution in [1.29, 1.82) is 0 Å². The molecule has 0 aliphatic carbocycles. The van der Waals surface area contributed by atoms with Crippen LogP contribution < -0.4 is 0 Å². The molecule has 1 unspecified atom stereocenters. The maximum Gasteiger partial charge on any atom is 0.257 e. The van der Waals surface area contributed by atoms with Gasteiger partial charge in [-0.1, -0.05) is 26.0 Å². The number of nitrogens with zero attached hydrogens (tertiary/aromatic N) is 4. The number of aromatic nitrogens is 2. The fourth-order valence-corrected chi connectivity index (χ4v) is 3.53. The molecule has 0 bridgehead atoms. The number of ether oxygens (including phenoxy) is 1. The summed E-state index contributed by atoms with van der Waals surface area (Å²) in [4.78, 5) is 29.1. The van der Waals surface area contributed by atoms with Crippen LogP contribution in [0.1, 0.15) is 36.7 Å². The third-order valence-corrected chi connectivity index (χ3v) is 4.98. The lowest BCUT2D eigenvalue weighted by Crippen LogP contribution is -2.40. The first-order valence-corrected chi connectivity index (χ1v) is 10.3. The van der Waals surface area contributed by atoms with Crippen molar-refractivity contribution in [2.45, 2.75) is 40.0 Å². The fourth-order valence-electron chi connectivity index (χ4n) is 3.53. The summed E-state index contributed by atoms with van der Waals surface area (Å²) in [5.41, 5.74) is 1.16. The summed E-state index contributed by atoms with van der Waals surface area (Å²) in [5.74, 6) is -0.369. The monoisotopic (exact) mass is 416 g/mol. The van der Waals surface area contributed by atoms with Crippen molar-refractivity contribution in [3.63, 3.8) is 0 Å². The minimum Gasteiger partial charge on any atom is -0.370 e. The first-order valence-electron chi connectivity index (χ1n) is 10.3. The van der Waals surface area contributed by atoms with Crippen LogP contribution in [0, 0.1) is 11.7 Å². The standard InChI is InChI=1S/C22H29FN4O3/c1-4-27-11-18(9-24-27)22(29)26-13-20(12-25(10-16(2)3)21(28)14-26)30-15-17-6-5-7-19(23)8-17/h5-9,11,16,20H,4,10,12-15H2,1-3H3. The minimum atomic E-state index is -0.372. The van der Waals surface area contributed by atoms with Crippen LogP contribution in [-0.2, 0) is 22.7 Å². The molecular weight excluding hydrogens is 387 g/mol. The molecule has 0 radical (unpaired) electrons. The number of carbonyl (C=O) groups excluding carboxylic acids is 2. The van der Waals surface area contributed by atoms with Gasteiger partial charge in [-0.15, -0.1) is 0 Å². The highest BCUT2D eigenvalue weighted by Gasteiger charge is 2.32. The van der Waals surface area contributed by atoms with Gasteiger partial charge < -0.3 is 14.5 Å². The summed E-state index contributed by atoms with van der Waals surface area (Å²) in [6.07, 6.45) is 2.84. The molecule has 162 valence electrons. The Morgan fingerprint density at radius 2 is 2.13 bits per heavy atom. The van der Waals surface area contributed by atoms with Crippen LogP contribution in [0.15, 0.2) is 36.7 Å². The van der Waals surface area contributed by atoms with Gasteiger partial charge in [0.2, 0.25) is 5.91 Å². The molecule has 7 nitrogen and oxygen atoms in total. The second-order valence-corrected chi connectivity index (χ2v) is 8.03. The number of benzene rings is 1. The van der Waals surface area contributed by atoms with Crippen LogP contribution in [0.2, 0.25) is 0 Å². The van der Waals surface area contributed by atoms with Crippen LogP contribution in [0.25, 0.3) is 0 Å². The summed E-state index contributed by atoms with van der Waals surface area (Å²) in [7, 11) is 0. The number of aryl methyl sites for hydroxylation is 1. The summed E-state index contributed by atoms with van der Waals surface area (Å²) in [6, 6.07) is 6.24. The molecule has 1 saturated heterocycles. The fraction of sp³-hybridized carbons (Fsp3) is 0.500. The van der Waals surface area contributed by atoms with Crippen molar-refractivity contribution in [2.75, 3.05) is 26.2 Å². The first-order chi connectivity index (χ1) is 14.4. The highest BCUT2D eigenvalue weighted by atomic mass is 19.1. The zero-order valence-electron chi connectivity index (χ0n) is 17.8. The Balaban J connectivity index is 1.76. The second kappa shape index (κ2) is 9.84. The summed E-state index contributed by atoms with van der Waals surface area (Å²) < 4.78 is 21.2. The van der Waals surface area contributed by atoms with Gasteiger partial charge in [-0.25, -0.2) is 4.39 Å². The van der Waals surface area contributed by atoms with Crippen molar-refractivity contribution < 1.29 is 18.7 Å². The van der Waals surface area contributed by atoms with Gasteiger partial charge in [0.25, 0.3) is 5.91 Å². The molecule has 0 saturated carbocycles. The number of hydrogen-bond acceptors (Lipinski definition) is 4. The topological polar surface area (TPSA) is 67.7 Å². The quantitative estimate of drug-likeness (QED) is 0.696. The molecule has 30 heavy (non-hydrogen) atoms. The molecule has 0 spiro atoms. The molecule has 2 aromatic rings. The van der Waals surface area contributed by atoms with Crippen LogP contribution in [0.3, 0.4) is 0 Å². The number of halogens is 1. The van der Waals surface area contributed by atoms with E-state index < -0.39 is 0 Å². The first kappa shape index (κ1) is 22.0. The van der Waals surface area contributed by atoms with Crippen LogP contribution in [0.4, 0.5) is 4.39 Å². The third-order valence-electron chi connectivity index (χ3n) is 4.98. The predicted octanol–water partition coefficient (Wildman–Crippen LogP) is 2.57. The lowest BCUT2D eigenvalue weighted by molar-refractivity contribution is -0.132. The van der Waals surface area contributed by atoms with E-state index in [2.05, 4.69) is 5.10 Å². The third kappa shape index (κ3) is 5.66. The Labute approximate surface area is 176 Å². The van der Waals surface area contributed by atoms with Crippen molar-refractivity contribution in [3.05, 3.63) is 53.6 Å². The van der Waals surface area contributed by atoms with Gasteiger partial charge in [0.1, 0.15) is 12.4 Å². The average molecular weight is 416 g/mol. The summed E-state index contributed by atoms with van der Waals surface area (Å²) >= 11 is 0. The molecule has 1 aliphatic rings. The molecule has 1 aromatic heterocycles. The van der Waals surface area contributed by atoms with Crippen LogP contribution in [-0.4, -0.2) is 63.7 Å². The van der Waals surface area contributed by atoms with Gasteiger partial charge in [-0.2, -0.15) is 5.10 Å². The molecular formula is C22H29FN4O3. The molecule has 1 atom stereocenters. The van der Waals surface area contributed by atoms with Gasteiger partial charge in [0.15, 0.2) is 0 Å². The van der Waals surface area contributed by atoms with Crippen molar-refractivity contribution in [2.24, 2.45) is 5.92 Å². The molecule has 1 fully saturated rings. The zero-order chi connectivity index (χ0) is 21.7. The molecule has 1 aromatic carbocycles. The molecule has 0 N–H and O–H groups in total. The van der Waals surface area contributed by atoms with E-state index in [-0.39, 0.29) is 43.4 Å². The van der Waals surface area contributed by atoms with Gasteiger partial charge in [-0.3, -0.25) is 14.3 Å². The van der Waals surface area contributed by atoms with E-state index in [1.165, 1.54) is 23.2 Å². The lowest BCUT2D eigenvalue weighted by atomic mass is 10.2. The number of carbonyl (C=O) groups is 2. The molecule has 2 heterocycles. The maximum absolute atomic E-state index is 13.5. The molecule has 8 heteroatoms. The van der Waals surface area contributed by atoms with Gasteiger partial charge in [0, 0.05) is 32.4 Å². The van der Waals surface area contributed by atoms with Crippen LogP contribution in [0.5, 0.6) is 0 Å². The number of hydrogen-bond donors (Lipinski definition) is 0. The predicted molar refractivity (Wildman–Crippen MR) is 110 cm³/mol. The van der Waals surface area contributed by atoms with E-state index >= 15 is 0 Å². The molecule has 2 amide bonds. The Bertz CT molecular complexity index is 883. The zero-order valence-corrected chi connectivity index (χ0v) is 17.8. The summed E-state index contributed by atoms with van der Waals surface area (Å²) in [5, 5.41) is 4.16. The Morgan fingerprint density at radius 3 is 2.80 bits per heavy atom. The molecule has 1 aliphatic heterocycles. The van der Waals surface area contributed by atoms with Crippen molar-refractivity contribution in [3.8, 4) is 0 Å². The van der Waals surface area contributed by atoms with Gasteiger partial charge >= 0.3 is 0 Å². The normalized spacial score (nSPS) is 17.5. The SMILES string of the molecule is CCn1cc(C(=O)N2CC(=O)N(CC(C)C)CC(OCc3cccc(F)c3)C2)cn1. The Kier molecular flexibility index (Phi) is 7.20. The highest BCUT2D eigenvalue weighted by molar-refractivity contribution is 5.96. The van der Waals surface area contributed by atoms with Gasteiger partial charge in [0.05, 0.1) is 24.5 Å². The Morgan fingerprint density at radius 1 is 1.33 bits per heavy atom. The molecule has 3 rings (SSSR count). The largest absolute Gasteiger partial charge is 0.370 e. The van der Waals surface area contributed by atoms with Gasteiger partial charge in [-0.05, 0) is 30.5 Å². The van der Waals surface area contributed by atoms with E-state index in [0.717, 1.165) is 0 Å². The highest BCUT2D eigenvalue weighted by Crippen LogP contribution is 2.15. The van der Waals surface area contributed by atoms with E-state index in [1.54, 1.807) is 27.9 Å². The number of rotatable bonds is 7.